The Labute approximate surface area is 119 Å². The molecule has 3 nitrogen and oxygen atoms in total. The highest BCUT2D eigenvalue weighted by Crippen LogP contribution is 2.46. The average molecular weight is 281 g/mol. The summed E-state index contributed by atoms with van der Waals surface area (Å²) in [4.78, 5) is 0. The summed E-state index contributed by atoms with van der Waals surface area (Å²) < 4.78 is 5.99. The number of nitrogens with one attached hydrogen (secondary N) is 1. The molecule has 1 fully saturated rings. The van der Waals surface area contributed by atoms with E-state index in [-0.39, 0.29) is 0 Å². The van der Waals surface area contributed by atoms with Gasteiger partial charge in [-0.25, -0.2) is 0 Å². The first-order valence-electron chi connectivity index (χ1n) is 6.77. The van der Waals surface area contributed by atoms with Crippen molar-refractivity contribution in [1.82, 2.24) is 5.32 Å². The van der Waals surface area contributed by atoms with Crippen molar-refractivity contribution in [2.24, 2.45) is 0 Å². The first-order valence-corrected chi connectivity index (χ1v) is 7.99. The predicted molar refractivity (Wildman–Crippen MR) is 81.0 cm³/mol. The number of aliphatic hydroxyl groups is 1. The number of aryl methyl sites for hydroxylation is 1. The molecule has 1 saturated carbocycles. The summed E-state index contributed by atoms with van der Waals surface area (Å²) in [5, 5.41) is 13.2. The maximum atomic E-state index is 9.86. The van der Waals surface area contributed by atoms with Gasteiger partial charge in [-0.1, -0.05) is 17.7 Å². The first kappa shape index (κ1) is 14.7. The van der Waals surface area contributed by atoms with Crippen LogP contribution in [0.3, 0.4) is 0 Å². The first-order chi connectivity index (χ1) is 9.13. The lowest BCUT2D eigenvalue weighted by atomic mass is 10.2. The van der Waals surface area contributed by atoms with Crippen LogP contribution in [0.2, 0.25) is 0 Å². The molecule has 4 heteroatoms. The van der Waals surface area contributed by atoms with Gasteiger partial charge in [-0.05, 0) is 38.2 Å². The van der Waals surface area contributed by atoms with Crippen LogP contribution in [-0.2, 0) is 0 Å². The zero-order chi connectivity index (χ0) is 13.7. The van der Waals surface area contributed by atoms with Crippen LogP contribution >= 0.6 is 11.8 Å². The molecule has 0 aliphatic heterocycles. The number of rotatable bonds is 8. The van der Waals surface area contributed by atoms with E-state index in [2.05, 4.69) is 11.6 Å². The van der Waals surface area contributed by atoms with Gasteiger partial charge in [0.25, 0.3) is 0 Å². The van der Waals surface area contributed by atoms with Crippen molar-refractivity contribution in [2.75, 3.05) is 26.0 Å². The molecule has 0 amide bonds. The number of hydrogen-bond donors (Lipinski definition) is 2. The van der Waals surface area contributed by atoms with Crippen LogP contribution in [-0.4, -0.2) is 41.9 Å². The normalized spacial score (nSPS) is 18.1. The third-order valence-electron chi connectivity index (χ3n) is 3.53. The molecule has 106 valence electrons. The molecule has 19 heavy (non-hydrogen) atoms. The number of benzene rings is 1. The van der Waals surface area contributed by atoms with Gasteiger partial charge in [0.15, 0.2) is 0 Å². The molecule has 1 atom stereocenters. The van der Waals surface area contributed by atoms with E-state index in [1.54, 1.807) is 0 Å². The minimum atomic E-state index is -0.459. The number of hydrogen-bond acceptors (Lipinski definition) is 4. The van der Waals surface area contributed by atoms with E-state index in [0.717, 1.165) is 12.3 Å². The predicted octanol–water partition coefficient (Wildman–Crippen LogP) is 2.22. The Morgan fingerprint density at radius 1 is 1.37 bits per heavy atom. The molecule has 0 spiro atoms. The molecule has 1 aromatic carbocycles. The second-order valence-electron chi connectivity index (χ2n) is 5.30. The van der Waals surface area contributed by atoms with Crippen molar-refractivity contribution in [3.05, 3.63) is 29.8 Å². The summed E-state index contributed by atoms with van der Waals surface area (Å²) in [6.45, 7) is 3.95. The standard InChI is InChI=1S/C15H23NO2S/c1-12-3-5-14(6-4-12)18-10-13(17)9-16-11-15(19-2)7-8-15/h3-6,13,16-17H,7-11H2,1-2H3. The van der Waals surface area contributed by atoms with E-state index >= 15 is 0 Å². The van der Waals surface area contributed by atoms with Crippen LogP contribution in [0.1, 0.15) is 18.4 Å². The van der Waals surface area contributed by atoms with Crippen LogP contribution < -0.4 is 10.1 Å². The lowest BCUT2D eigenvalue weighted by Crippen LogP contribution is -2.35. The third kappa shape index (κ3) is 4.71. The molecule has 1 aromatic rings. The van der Waals surface area contributed by atoms with Gasteiger partial charge in [0, 0.05) is 17.8 Å². The highest BCUT2D eigenvalue weighted by atomic mass is 32.2. The summed E-state index contributed by atoms with van der Waals surface area (Å²) in [7, 11) is 0. The number of aliphatic hydroxyl groups excluding tert-OH is 1. The van der Waals surface area contributed by atoms with Gasteiger partial charge in [0.1, 0.15) is 18.5 Å². The minimum absolute atomic E-state index is 0.336. The zero-order valence-electron chi connectivity index (χ0n) is 11.7. The van der Waals surface area contributed by atoms with E-state index < -0.39 is 6.10 Å². The molecule has 2 rings (SSSR count). The highest BCUT2D eigenvalue weighted by Gasteiger charge is 2.41. The van der Waals surface area contributed by atoms with Gasteiger partial charge >= 0.3 is 0 Å². The fourth-order valence-corrected chi connectivity index (χ4v) is 2.70. The Hall–Kier alpha value is -0.710. The Kier molecular flexibility index (Phi) is 5.13. The number of thioether (sulfide) groups is 1. The molecular formula is C15H23NO2S. The fourth-order valence-electron chi connectivity index (χ4n) is 1.94. The van der Waals surface area contributed by atoms with Crippen LogP contribution in [0.5, 0.6) is 5.75 Å². The molecule has 1 unspecified atom stereocenters. The van der Waals surface area contributed by atoms with Gasteiger partial charge in [0.2, 0.25) is 0 Å². The second-order valence-corrected chi connectivity index (χ2v) is 6.57. The molecule has 1 aliphatic rings. The molecular weight excluding hydrogens is 258 g/mol. The fraction of sp³-hybridized carbons (Fsp3) is 0.600. The average Bonchev–Trinajstić information content (AvgIpc) is 3.19. The van der Waals surface area contributed by atoms with E-state index in [1.807, 2.05) is 43.0 Å². The van der Waals surface area contributed by atoms with Crippen molar-refractivity contribution in [3.8, 4) is 5.75 Å². The monoisotopic (exact) mass is 281 g/mol. The molecule has 2 N–H and O–H groups in total. The maximum Gasteiger partial charge on any atom is 0.119 e. The van der Waals surface area contributed by atoms with Gasteiger partial charge in [-0.3, -0.25) is 0 Å². The molecule has 0 saturated heterocycles. The van der Waals surface area contributed by atoms with Gasteiger partial charge < -0.3 is 15.2 Å². The van der Waals surface area contributed by atoms with E-state index in [1.165, 1.54) is 18.4 Å². The molecule has 1 aliphatic carbocycles. The van der Waals surface area contributed by atoms with Crippen LogP contribution in [0.25, 0.3) is 0 Å². The summed E-state index contributed by atoms with van der Waals surface area (Å²) in [6, 6.07) is 7.88. The van der Waals surface area contributed by atoms with E-state index in [0.29, 0.717) is 17.9 Å². The van der Waals surface area contributed by atoms with Crippen LogP contribution in [0.4, 0.5) is 0 Å². The lowest BCUT2D eigenvalue weighted by Gasteiger charge is -2.16. The van der Waals surface area contributed by atoms with E-state index in [9.17, 15) is 5.11 Å². The summed E-state index contributed by atoms with van der Waals surface area (Å²) in [6.07, 6.45) is 4.28. The maximum absolute atomic E-state index is 9.86. The Bertz CT molecular complexity index is 390. The third-order valence-corrected chi connectivity index (χ3v) is 4.95. The largest absolute Gasteiger partial charge is 0.491 e. The van der Waals surface area contributed by atoms with Crippen molar-refractivity contribution in [1.29, 1.82) is 0 Å². The number of ether oxygens (including phenoxy) is 1. The summed E-state index contributed by atoms with van der Waals surface area (Å²) >= 11 is 1.93. The van der Waals surface area contributed by atoms with Gasteiger partial charge in [-0.2, -0.15) is 11.8 Å². The Morgan fingerprint density at radius 2 is 2.05 bits per heavy atom. The van der Waals surface area contributed by atoms with Crippen molar-refractivity contribution < 1.29 is 9.84 Å². The SMILES string of the molecule is CSC1(CNCC(O)COc2ccc(C)cc2)CC1. The minimum Gasteiger partial charge on any atom is -0.491 e. The Balaban J connectivity index is 1.61. The topological polar surface area (TPSA) is 41.5 Å². The van der Waals surface area contributed by atoms with Gasteiger partial charge in [-0.15, -0.1) is 0 Å². The van der Waals surface area contributed by atoms with E-state index in [4.69, 9.17) is 4.74 Å². The molecule has 0 heterocycles. The lowest BCUT2D eigenvalue weighted by molar-refractivity contribution is 0.106. The molecule has 0 radical (unpaired) electrons. The van der Waals surface area contributed by atoms with Crippen molar-refractivity contribution >= 4 is 11.8 Å². The molecule has 0 aromatic heterocycles. The zero-order valence-corrected chi connectivity index (χ0v) is 12.5. The van der Waals surface area contributed by atoms with Crippen molar-refractivity contribution in [3.63, 3.8) is 0 Å². The second kappa shape index (κ2) is 6.64. The van der Waals surface area contributed by atoms with Gasteiger partial charge in [0.05, 0.1) is 0 Å². The van der Waals surface area contributed by atoms with Crippen LogP contribution in [0, 0.1) is 6.92 Å². The summed E-state index contributed by atoms with van der Waals surface area (Å²) in [5.41, 5.74) is 1.21. The summed E-state index contributed by atoms with van der Waals surface area (Å²) in [5.74, 6) is 0.812. The quantitative estimate of drug-likeness (QED) is 0.767. The van der Waals surface area contributed by atoms with Crippen LogP contribution in [0.15, 0.2) is 24.3 Å². The molecule has 0 bridgehead atoms. The smallest absolute Gasteiger partial charge is 0.119 e. The highest BCUT2D eigenvalue weighted by molar-refractivity contribution is 8.00. The van der Waals surface area contributed by atoms with Crippen molar-refractivity contribution in [2.45, 2.75) is 30.6 Å². The Morgan fingerprint density at radius 3 is 2.63 bits per heavy atom.